The maximum atomic E-state index is 5.69. The highest BCUT2D eigenvalue weighted by molar-refractivity contribution is 5.43. The standard InChI is InChI=1S/C14H20O4/c1-4-15-11-6-7-13(16-5-2)12(10-11)14(3)17-8-9-18-14/h6-7,10H,4-5,8-9H2,1-3H3. The molecule has 0 spiro atoms. The Bertz CT molecular complexity index is 397. The molecule has 0 atom stereocenters. The van der Waals surface area contributed by atoms with Gasteiger partial charge in [0.25, 0.3) is 0 Å². The Morgan fingerprint density at radius 1 is 1.11 bits per heavy atom. The minimum Gasteiger partial charge on any atom is -0.494 e. The molecular weight excluding hydrogens is 232 g/mol. The Kier molecular flexibility index (Phi) is 4.09. The van der Waals surface area contributed by atoms with Crippen LogP contribution < -0.4 is 9.47 Å². The van der Waals surface area contributed by atoms with Crippen molar-refractivity contribution in [1.29, 1.82) is 0 Å². The number of hydrogen-bond acceptors (Lipinski definition) is 4. The van der Waals surface area contributed by atoms with E-state index in [1.165, 1.54) is 0 Å². The Labute approximate surface area is 108 Å². The van der Waals surface area contributed by atoms with E-state index in [4.69, 9.17) is 18.9 Å². The smallest absolute Gasteiger partial charge is 0.195 e. The van der Waals surface area contributed by atoms with Gasteiger partial charge in [0.2, 0.25) is 0 Å². The molecule has 0 bridgehead atoms. The minimum absolute atomic E-state index is 0.598. The van der Waals surface area contributed by atoms with Crippen LogP contribution in [0.3, 0.4) is 0 Å². The molecule has 0 N–H and O–H groups in total. The monoisotopic (exact) mass is 252 g/mol. The third kappa shape index (κ3) is 2.60. The third-order valence-corrected chi connectivity index (χ3v) is 2.89. The van der Waals surface area contributed by atoms with E-state index in [1.54, 1.807) is 0 Å². The summed E-state index contributed by atoms with van der Waals surface area (Å²) < 4.78 is 22.5. The zero-order chi connectivity index (χ0) is 13.0. The normalized spacial score (nSPS) is 17.7. The molecule has 1 aliphatic heterocycles. The fourth-order valence-corrected chi connectivity index (χ4v) is 2.07. The van der Waals surface area contributed by atoms with Crippen molar-refractivity contribution in [2.45, 2.75) is 26.6 Å². The molecule has 1 aromatic rings. The molecule has 2 rings (SSSR count). The second kappa shape index (κ2) is 5.59. The number of rotatable bonds is 5. The zero-order valence-corrected chi connectivity index (χ0v) is 11.2. The van der Waals surface area contributed by atoms with E-state index in [2.05, 4.69) is 0 Å². The van der Waals surface area contributed by atoms with E-state index in [1.807, 2.05) is 39.0 Å². The van der Waals surface area contributed by atoms with Gasteiger partial charge in [0.15, 0.2) is 5.79 Å². The Balaban J connectivity index is 2.36. The van der Waals surface area contributed by atoms with Gasteiger partial charge in [-0.1, -0.05) is 0 Å². The van der Waals surface area contributed by atoms with Crippen molar-refractivity contribution in [2.75, 3.05) is 26.4 Å². The Hall–Kier alpha value is -1.26. The van der Waals surface area contributed by atoms with Crippen LogP contribution in [-0.4, -0.2) is 26.4 Å². The van der Waals surface area contributed by atoms with Gasteiger partial charge in [-0.15, -0.1) is 0 Å². The van der Waals surface area contributed by atoms with Gasteiger partial charge >= 0.3 is 0 Å². The lowest BCUT2D eigenvalue weighted by Crippen LogP contribution is -2.23. The van der Waals surface area contributed by atoms with Crippen LogP contribution in [0.1, 0.15) is 26.3 Å². The van der Waals surface area contributed by atoms with Crippen LogP contribution in [-0.2, 0) is 15.3 Å². The van der Waals surface area contributed by atoms with Crippen molar-refractivity contribution in [2.24, 2.45) is 0 Å². The molecule has 1 heterocycles. The van der Waals surface area contributed by atoms with Gasteiger partial charge in [0, 0.05) is 0 Å². The van der Waals surface area contributed by atoms with Crippen molar-refractivity contribution in [3.63, 3.8) is 0 Å². The van der Waals surface area contributed by atoms with Crippen LogP contribution in [0.25, 0.3) is 0 Å². The maximum absolute atomic E-state index is 5.69. The summed E-state index contributed by atoms with van der Waals surface area (Å²) in [6.07, 6.45) is 0. The average Bonchev–Trinajstić information content (AvgIpc) is 2.80. The van der Waals surface area contributed by atoms with Crippen LogP contribution in [0.4, 0.5) is 0 Å². The molecule has 1 fully saturated rings. The van der Waals surface area contributed by atoms with Gasteiger partial charge in [-0.25, -0.2) is 0 Å². The first-order valence-electron chi connectivity index (χ1n) is 6.37. The van der Waals surface area contributed by atoms with Crippen molar-refractivity contribution in [1.82, 2.24) is 0 Å². The van der Waals surface area contributed by atoms with Crippen LogP contribution in [0.2, 0.25) is 0 Å². The van der Waals surface area contributed by atoms with E-state index < -0.39 is 5.79 Å². The summed E-state index contributed by atoms with van der Waals surface area (Å²) >= 11 is 0. The minimum atomic E-state index is -0.738. The molecule has 0 amide bonds. The fraction of sp³-hybridized carbons (Fsp3) is 0.571. The molecule has 1 aliphatic rings. The van der Waals surface area contributed by atoms with Gasteiger partial charge in [-0.3, -0.25) is 0 Å². The molecule has 0 radical (unpaired) electrons. The van der Waals surface area contributed by atoms with Crippen molar-refractivity contribution < 1.29 is 18.9 Å². The topological polar surface area (TPSA) is 36.9 Å². The fourth-order valence-electron chi connectivity index (χ4n) is 2.07. The molecule has 0 aliphatic carbocycles. The quantitative estimate of drug-likeness (QED) is 0.807. The number of ether oxygens (including phenoxy) is 4. The number of benzene rings is 1. The second-order valence-corrected chi connectivity index (χ2v) is 4.17. The van der Waals surface area contributed by atoms with Crippen molar-refractivity contribution in [3.8, 4) is 11.5 Å². The van der Waals surface area contributed by atoms with Gasteiger partial charge in [-0.2, -0.15) is 0 Å². The molecule has 0 saturated carbocycles. The molecule has 1 aromatic carbocycles. The Morgan fingerprint density at radius 2 is 1.78 bits per heavy atom. The van der Waals surface area contributed by atoms with Crippen molar-refractivity contribution in [3.05, 3.63) is 23.8 Å². The first-order chi connectivity index (χ1) is 8.69. The predicted octanol–water partition coefficient (Wildman–Crippen LogP) is 2.70. The summed E-state index contributed by atoms with van der Waals surface area (Å²) in [5, 5.41) is 0. The van der Waals surface area contributed by atoms with E-state index in [9.17, 15) is 0 Å². The lowest BCUT2D eigenvalue weighted by molar-refractivity contribution is -0.150. The first-order valence-corrected chi connectivity index (χ1v) is 6.37. The molecule has 0 aromatic heterocycles. The van der Waals surface area contributed by atoms with Crippen LogP contribution in [0, 0.1) is 0 Å². The summed E-state index contributed by atoms with van der Waals surface area (Å²) in [4.78, 5) is 0. The van der Waals surface area contributed by atoms with Gasteiger partial charge in [-0.05, 0) is 39.0 Å². The van der Waals surface area contributed by atoms with E-state index in [-0.39, 0.29) is 0 Å². The summed E-state index contributed by atoms with van der Waals surface area (Å²) in [6, 6.07) is 5.73. The predicted molar refractivity (Wildman–Crippen MR) is 68.0 cm³/mol. The third-order valence-electron chi connectivity index (χ3n) is 2.89. The largest absolute Gasteiger partial charge is 0.494 e. The van der Waals surface area contributed by atoms with E-state index >= 15 is 0 Å². The molecule has 4 nitrogen and oxygen atoms in total. The summed E-state index contributed by atoms with van der Waals surface area (Å²) in [5.74, 6) is 0.846. The molecule has 100 valence electrons. The average molecular weight is 252 g/mol. The Morgan fingerprint density at radius 3 is 2.39 bits per heavy atom. The number of hydrogen-bond donors (Lipinski definition) is 0. The molecule has 4 heteroatoms. The van der Waals surface area contributed by atoms with Crippen molar-refractivity contribution >= 4 is 0 Å². The van der Waals surface area contributed by atoms with Crippen LogP contribution in [0.5, 0.6) is 11.5 Å². The van der Waals surface area contributed by atoms with Gasteiger partial charge in [0.05, 0.1) is 32.0 Å². The second-order valence-electron chi connectivity index (χ2n) is 4.17. The zero-order valence-electron chi connectivity index (χ0n) is 11.2. The molecule has 1 saturated heterocycles. The molecule has 0 unspecified atom stereocenters. The highest BCUT2D eigenvalue weighted by Gasteiger charge is 2.36. The molecular formula is C14H20O4. The lowest BCUT2D eigenvalue weighted by atomic mass is 10.1. The SMILES string of the molecule is CCOc1ccc(OCC)c(C2(C)OCCO2)c1. The summed E-state index contributed by atoms with van der Waals surface area (Å²) in [7, 11) is 0. The summed E-state index contributed by atoms with van der Waals surface area (Å²) in [5.41, 5.74) is 0.882. The molecule has 18 heavy (non-hydrogen) atoms. The first kappa shape index (κ1) is 13.2. The van der Waals surface area contributed by atoms with Gasteiger partial charge in [0.1, 0.15) is 11.5 Å². The van der Waals surface area contributed by atoms with Crippen LogP contribution >= 0.6 is 0 Å². The van der Waals surface area contributed by atoms with E-state index in [0.29, 0.717) is 26.4 Å². The summed E-state index contributed by atoms with van der Waals surface area (Å²) in [6.45, 7) is 8.26. The maximum Gasteiger partial charge on any atom is 0.195 e. The van der Waals surface area contributed by atoms with Crippen LogP contribution in [0.15, 0.2) is 18.2 Å². The van der Waals surface area contributed by atoms with Gasteiger partial charge < -0.3 is 18.9 Å². The highest BCUT2D eigenvalue weighted by Crippen LogP contribution is 2.38. The highest BCUT2D eigenvalue weighted by atomic mass is 16.7. The van der Waals surface area contributed by atoms with E-state index in [0.717, 1.165) is 17.1 Å². The lowest BCUT2D eigenvalue weighted by Gasteiger charge is -2.25.